The molecule has 2 aromatic heterocycles. The van der Waals surface area contributed by atoms with E-state index >= 15 is 0 Å². The smallest absolute Gasteiger partial charge is 1.00 e. The maximum Gasteiger partial charge on any atom is 1.00 e. The SMILES string of the molecule is Nc1nc(CC(=O)NC2N3C(=O)C[C@H]3SC(=NO)C2(C=Cc2cncs2)C(=O)O)cs1.[H-].[Na+]. The minimum Gasteiger partial charge on any atom is -1.00 e. The van der Waals surface area contributed by atoms with Crippen molar-refractivity contribution in [1.29, 1.82) is 0 Å². The number of carbonyl (C=O) groups is 3. The van der Waals surface area contributed by atoms with Crippen molar-refractivity contribution in [2.45, 2.75) is 24.4 Å². The molecule has 0 spiro atoms. The first-order valence-corrected chi connectivity index (χ1v) is 11.5. The fraction of sp³-hybridized carbons (Fsp3) is 0.294. The van der Waals surface area contributed by atoms with Gasteiger partial charge in [0, 0.05) is 16.5 Å². The van der Waals surface area contributed by atoms with Crippen LogP contribution in [-0.4, -0.2) is 59.5 Å². The Kier molecular flexibility index (Phi) is 7.62. The van der Waals surface area contributed by atoms with Gasteiger partial charge in [-0.1, -0.05) is 23.0 Å². The number of hydrogen-bond donors (Lipinski definition) is 4. The Morgan fingerprint density at radius 1 is 1.47 bits per heavy atom. The summed E-state index contributed by atoms with van der Waals surface area (Å²) in [5.41, 5.74) is 5.61. The van der Waals surface area contributed by atoms with Gasteiger partial charge >= 0.3 is 35.5 Å². The second-order valence-electron chi connectivity index (χ2n) is 6.72. The molecule has 2 aromatic rings. The number of nitrogens with two attached hydrogens (primary N) is 1. The zero-order chi connectivity index (χ0) is 22.2. The number of nitrogens with one attached hydrogen (secondary N) is 1. The molecule has 11 nitrogen and oxygen atoms in total. The first kappa shape index (κ1) is 24.7. The normalized spacial score (nSPS) is 25.8. The molecule has 0 aromatic carbocycles. The summed E-state index contributed by atoms with van der Waals surface area (Å²) in [7, 11) is 0. The molecule has 5 N–H and O–H groups in total. The van der Waals surface area contributed by atoms with E-state index in [1.54, 1.807) is 17.1 Å². The molecule has 4 heterocycles. The number of oxime groups is 1. The average molecular weight is 505 g/mol. The second kappa shape index (κ2) is 9.89. The molecule has 2 amide bonds. The maximum absolute atomic E-state index is 12.8. The van der Waals surface area contributed by atoms with Crippen molar-refractivity contribution in [3.05, 3.63) is 33.7 Å². The summed E-state index contributed by atoms with van der Waals surface area (Å²) in [5, 5.41) is 27.1. The maximum atomic E-state index is 12.8. The predicted molar refractivity (Wildman–Crippen MR) is 117 cm³/mol. The average Bonchev–Trinajstić information content (AvgIpc) is 3.37. The Balaban J connectivity index is 0.00000193. The number of carbonyl (C=O) groups excluding carboxylic acids is 2. The van der Waals surface area contributed by atoms with E-state index in [2.05, 4.69) is 20.4 Å². The minimum absolute atomic E-state index is 0. The molecule has 0 aliphatic carbocycles. The number of thiazole rings is 2. The van der Waals surface area contributed by atoms with Gasteiger partial charge in [-0.2, -0.15) is 0 Å². The van der Waals surface area contributed by atoms with Crippen LogP contribution in [0.2, 0.25) is 0 Å². The number of hydrogen-bond acceptors (Lipinski definition) is 11. The van der Waals surface area contributed by atoms with Crippen LogP contribution in [0.1, 0.15) is 18.4 Å². The summed E-state index contributed by atoms with van der Waals surface area (Å²) in [5.74, 6) is -2.24. The van der Waals surface area contributed by atoms with Crippen LogP contribution in [0.15, 0.2) is 28.3 Å². The zero-order valence-electron chi connectivity index (χ0n) is 17.7. The van der Waals surface area contributed by atoms with Crippen LogP contribution in [0.5, 0.6) is 0 Å². The molecule has 32 heavy (non-hydrogen) atoms. The molecular formula is C17H17N6NaO5S3. The van der Waals surface area contributed by atoms with Crippen molar-refractivity contribution in [2.24, 2.45) is 10.6 Å². The number of nitrogen functional groups attached to an aromatic ring is 1. The van der Waals surface area contributed by atoms with Crippen molar-refractivity contribution in [1.82, 2.24) is 20.2 Å². The van der Waals surface area contributed by atoms with E-state index in [-0.39, 0.29) is 54.8 Å². The van der Waals surface area contributed by atoms with Crippen molar-refractivity contribution in [3.8, 4) is 0 Å². The summed E-state index contributed by atoms with van der Waals surface area (Å²) >= 11 is 3.43. The van der Waals surface area contributed by atoms with Gasteiger partial charge in [0.05, 0.1) is 29.4 Å². The van der Waals surface area contributed by atoms with Gasteiger partial charge in [-0.3, -0.25) is 19.4 Å². The van der Waals surface area contributed by atoms with E-state index < -0.39 is 28.8 Å². The van der Waals surface area contributed by atoms with E-state index in [1.807, 2.05) is 0 Å². The van der Waals surface area contributed by atoms with Crippen LogP contribution in [-0.2, 0) is 20.8 Å². The molecular weight excluding hydrogens is 487 g/mol. The largest absolute Gasteiger partial charge is 1.00 e. The molecule has 2 fully saturated rings. The predicted octanol–water partition coefficient (Wildman–Crippen LogP) is -1.84. The Hall–Kier alpha value is -1.97. The molecule has 164 valence electrons. The van der Waals surface area contributed by atoms with Gasteiger partial charge < -0.3 is 27.7 Å². The molecule has 15 heteroatoms. The third-order valence-electron chi connectivity index (χ3n) is 4.87. The Morgan fingerprint density at radius 3 is 2.81 bits per heavy atom. The van der Waals surface area contributed by atoms with Crippen LogP contribution in [0.25, 0.3) is 6.08 Å². The van der Waals surface area contributed by atoms with E-state index in [4.69, 9.17) is 5.73 Å². The molecule has 0 saturated carbocycles. The molecule has 2 aliphatic heterocycles. The first-order valence-electron chi connectivity index (χ1n) is 8.86. The van der Waals surface area contributed by atoms with Crippen molar-refractivity contribution < 1.29 is 55.7 Å². The molecule has 2 unspecified atom stereocenters. The first-order chi connectivity index (χ1) is 14.8. The summed E-state index contributed by atoms with van der Waals surface area (Å²) in [6.07, 6.45) is 3.08. The van der Waals surface area contributed by atoms with Crippen LogP contribution < -0.4 is 40.6 Å². The zero-order valence-corrected chi connectivity index (χ0v) is 21.1. The number of aliphatic carboxylic acids is 1. The van der Waals surface area contributed by atoms with Crippen molar-refractivity contribution in [2.75, 3.05) is 5.73 Å². The van der Waals surface area contributed by atoms with Crippen LogP contribution in [0.3, 0.4) is 0 Å². The molecule has 2 saturated heterocycles. The fourth-order valence-electron chi connectivity index (χ4n) is 3.40. The number of β-lactam (4-membered cyclic amide) rings is 1. The number of amides is 2. The standard InChI is InChI=1S/C17H16N6O5S3.Na.H/c18-16-20-8(6-29-16)3-10(24)21-13-17(15(26)27,2-1-9-5-19-7-30-9)14(22-28)31-12-4-11(25)23(12)13;;/h1-2,5-7,12-13,28H,3-4H2,(H2,18,20)(H,21,24)(H,26,27);;/q;+1;-1/t12-,13?,17?;;/m1../s1. The Morgan fingerprint density at radius 2 is 2.25 bits per heavy atom. The topological polar surface area (TPSA) is 171 Å². The summed E-state index contributed by atoms with van der Waals surface area (Å²) in [4.78, 5) is 47.6. The monoisotopic (exact) mass is 504 g/mol. The van der Waals surface area contributed by atoms with E-state index in [0.717, 1.165) is 11.8 Å². The van der Waals surface area contributed by atoms with Crippen molar-refractivity contribution >= 4 is 68.5 Å². The van der Waals surface area contributed by atoms with E-state index in [1.165, 1.54) is 39.7 Å². The molecule has 0 bridgehead atoms. The van der Waals surface area contributed by atoms with Gasteiger partial charge in [0.2, 0.25) is 11.8 Å². The number of thioether (sulfide) groups is 1. The number of aromatic nitrogens is 2. The fourth-order valence-corrected chi connectivity index (χ4v) is 5.82. The minimum atomic E-state index is -1.99. The summed E-state index contributed by atoms with van der Waals surface area (Å²) < 4.78 is 0. The molecule has 4 rings (SSSR count). The third-order valence-corrected chi connectivity index (χ3v) is 7.65. The van der Waals surface area contributed by atoms with Gasteiger partial charge in [-0.25, -0.2) is 4.98 Å². The number of anilines is 1. The van der Waals surface area contributed by atoms with Crippen LogP contribution >= 0.6 is 34.4 Å². The quantitative estimate of drug-likeness (QED) is 0.153. The van der Waals surface area contributed by atoms with Gasteiger partial charge in [0.25, 0.3) is 0 Å². The number of rotatable bonds is 6. The van der Waals surface area contributed by atoms with E-state index in [9.17, 15) is 24.7 Å². The third kappa shape index (κ3) is 4.43. The van der Waals surface area contributed by atoms with Gasteiger partial charge in [0.15, 0.2) is 10.5 Å². The second-order valence-corrected chi connectivity index (χ2v) is 9.69. The number of carboxylic acid groups (broad SMARTS) is 1. The summed E-state index contributed by atoms with van der Waals surface area (Å²) in [6.45, 7) is 0. The summed E-state index contributed by atoms with van der Waals surface area (Å²) in [6, 6.07) is 0. The van der Waals surface area contributed by atoms with Gasteiger partial charge in [-0.15, -0.1) is 22.7 Å². The van der Waals surface area contributed by atoms with Gasteiger partial charge in [-0.05, 0) is 6.08 Å². The molecule has 0 radical (unpaired) electrons. The number of carboxylic acids is 1. The molecule has 3 atom stereocenters. The van der Waals surface area contributed by atoms with E-state index in [0.29, 0.717) is 15.7 Å². The Labute approximate surface area is 217 Å². The van der Waals surface area contributed by atoms with Crippen LogP contribution in [0.4, 0.5) is 5.13 Å². The van der Waals surface area contributed by atoms with Gasteiger partial charge in [0.1, 0.15) is 11.2 Å². The Bertz CT molecular complexity index is 1100. The number of fused-ring (bicyclic) bond motifs is 1. The van der Waals surface area contributed by atoms with Crippen LogP contribution in [0, 0.1) is 5.41 Å². The van der Waals surface area contributed by atoms with Crippen molar-refractivity contribution in [3.63, 3.8) is 0 Å². The number of nitrogens with zero attached hydrogens (tertiary/aromatic N) is 4. The molecule has 2 aliphatic rings.